The van der Waals surface area contributed by atoms with Gasteiger partial charge in [-0.3, -0.25) is 9.69 Å². The molecular formula is C30H32N4OS. The van der Waals surface area contributed by atoms with Crippen LogP contribution in [0.1, 0.15) is 25.8 Å². The molecular weight excluding hydrogens is 464 g/mol. The Bertz CT molecular complexity index is 1430. The lowest BCUT2D eigenvalue weighted by molar-refractivity contribution is -0.133. The highest BCUT2D eigenvalue weighted by Gasteiger charge is 2.32. The number of thiophene rings is 1. The zero-order valence-electron chi connectivity index (χ0n) is 20.9. The van der Waals surface area contributed by atoms with E-state index in [2.05, 4.69) is 83.6 Å². The maximum atomic E-state index is 13.3. The number of para-hydroxylation sites is 1. The van der Waals surface area contributed by atoms with Crippen LogP contribution in [0.3, 0.4) is 0 Å². The lowest BCUT2D eigenvalue weighted by atomic mass is 9.98. The summed E-state index contributed by atoms with van der Waals surface area (Å²) in [4.78, 5) is 25.0. The molecule has 2 aromatic carbocycles. The molecule has 2 unspecified atom stereocenters. The van der Waals surface area contributed by atoms with E-state index in [1.54, 1.807) is 11.3 Å². The standard InChI is InChI=1S/C30H32N4OS/c1-21-18-33(28-11-10-24-6-3-4-9-27(24)31-28)19-22(2)34(21)20-29(35)32-15-12-23(13-16-32)26-8-5-7-25-14-17-36-30(25)26/h3-12,14,17,21-22H,13,15-16,18-20H2,1-2H3. The molecule has 4 heterocycles. The SMILES string of the molecule is CC1CN(c2ccc3ccccc3n2)CC(C)N1CC(=O)N1CC=C(c2cccc3ccsc23)CC1. The number of benzene rings is 2. The molecule has 0 spiro atoms. The third kappa shape index (κ3) is 4.40. The number of hydrogen-bond acceptors (Lipinski definition) is 5. The van der Waals surface area contributed by atoms with Crippen molar-refractivity contribution in [3.05, 3.63) is 77.7 Å². The molecule has 0 aliphatic carbocycles. The van der Waals surface area contributed by atoms with Crippen LogP contribution in [0.4, 0.5) is 5.82 Å². The lowest BCUT2D eigenvalue weighted by Gasteiger charge is -2.45. The molecule has 184 valence electrons. The van der Waals surface area contributed by atoms with E-state index >= 15 is 0 Å². The molecule has 5 nitrogen and oxygen atoms in total. The molecule has 2 aliphatic rings. The van der Waals surface area contributed by atoms with Crippen molar-refractivity contribution >= 4 is 49.6 Å². The number of amides is 1. The van der Waals surface area contributed by atoms with E-state index in [1.165, 1.54) is 21.2 Å². The smallest absolute Gasteiger partial charge is 0.237 e. The summed E-state index contributed by atoms with van der Waals surface area (Å²) < 4.78 is 1.35. The van der Waals surface area contributed by atoms with Gasteiger partial charge in [0.25, 0.3) is 0 Å². The van der Waals surface area contributed by atoms with E-state index in [0.29, 0.717) is 13.1 Å². The van der Waals surface area contributed by atoms with Gasteiger partial charge in [0, 0.05) is 48.3 Å². The maximum Gasteiger partial charge on any atom is 0.237 e. The summed E-state index contributed by atoms with van der Waals surface area (Å²) in [7, 11) is 0. The number of rotatable bonds is 4. The first-order chi connectivity index (χ1) is 17.6. The summed E-state index contributed by atoms with van der Waals surface area (Å²) in [5.74, 6) is 1.25. The van der Waals surface area contributed by atoms with Crippen molar-refractivity contribution in [2.75, 3.05) is 37.6 Å². The normalized spacial score (nSPS) is 21.2. The van der Waals surface area contributed by atoms with E-state index in [0.717, 1.165) is 42.8 Å². The van der Waals surface area contributed by atoms with Crippen molar-refractivity contribution in [3.63, 3.8) is 0 Å². The van der Waals surface area contributed by atoms with Gasteiger partial charge in [0.2, 0.25) is 5.91 Å². The molecule has 6 heteroatoms. The fourth-order valence-corrected chi connectivity index (χ4v) is 6.68. The van der Waals surface area contributed by atoms with Crippen LogP contribution < -0.4 is 4.90 Å². The molecule has 0 radical (unpaired) electrons. The average Bonchev–Trinajstić information content (AvgIpc) is 3.39. The second-order valence-corrected chi connectivity index (χ2v) is 11.0. The Balaban J connectivity index is 1.10. The number of carbonyl (C=O) groups excluding carboxylic acids is 1. The maximum absolute atomic E-state index is 13.3. The summed E-state index contributed by atoms with van der Waals surface area (Å²) in [5.41, 5.74) is 3.72. The molecule has 1 saturated heterocycles. The van der Waals surface area contributed by atoms with Crippen LogP contribution in [0.2, 0.25) is 0 Å². The van der Waals surface area contributed by atoms with Gasteiger partial charge >= 0.3 is 0 Å². The number of piperazine rings is 1. The monoisotopic (exact) mass is 496 g/mol. The predicted molar refractivity (Wildman–Crippen MR) is 151 cm³/mol. The number of anilines is 1. The quantitative estimate of drug-likeness (QED) is 0.365. The van der Waals surface area contributed by atoms with E-state index in [-0.39, 0.29) is 18.0 Å². The van der Waals surface area contributed by atoms with Crippen LogP contribution in [0.25, 0.3) is 26.6 Å². The Morgan fingerprint density at radius 3 is 2.58 bits per heavy atom. The summed E-state index contributed by atoms with van der Waals surface area (Å²) in [5, 5.41) is 4.63. The molecule has 4 aromatic rings. The summed E-state index contributed by atoms with van der Waals surface area (Å²) >= 11 is 1.80. The number of carbonyl (C=O) groups is 1. The first kappa shape index (κ1) is 23.2. The molecule has 0 N–H and O–H groups in total. The van der Waals surface area contributed by atoms with E-state index in [4.69, 9.17) is 4.98 Å². The minimum Gasteiger partial charge on any atom is -0.353 e. The van der Waals surface area contributed by atoms with Gasteiger partial charge in [-0.1, -0.05) is 42.5 Å². The Morgan fingerprint density at radius 1 is 0.972 bits per heavy atom. The second kappa shape index (κ2) is 9.68. The largest absolute Gasteiger partial charge is 0.353 e. The highest BCUT2D eigenvalue weighted by atomic mass is 32.1. The van der Waals surface area contributed by atoms with Gasteiger partial charge in [0.1, 0.15) is 5.82 Å². The van der Waals surface area contributed by atoms with Gasteiger partial charge in [-0.25, -0.2) is 4.98 Å². The molecule has 0 bridgehead atoms. The van der Waals surface area contributed by atoms with Crippen molar-refractivity contribution in [1.29, 1.82) is 0 Å². The highest BCUT2D eigenvalue weighted by molar-refractivity contribution is 7.17. The predicted octanol–water partition coefficient (Wildman–Crippen LogP) is 5.66. The average molecular weight is 497 g/mol. The van der Waals surface area contributed by atoms with Crippen LogP contribution in [0.15, 0.2) is 72.1 Å². The van der Waals surface area contributed by atoms with Gasteiger partial charge in [-0.05, 0) is 66.4 Å². The van der Waals surface area contributed by atoms with Crippen molar-refractivity contribution in [1.82, 2.24) is 14.8 Å². The minimum absolute atomic E-state index is 0.232. The molecule has 36 heavy (non-hydrogen) atoms. The molecule has 2 aromatic heterocycles. The minimum atomic E-state index is 0.232. The van der Waals surface area contributed by atoms with Crippen LogP contribution in [-0.2, 0) is 4.79 Å². The Kier molecular flexibility index (Phi) is 6.23. The van der Waals surface area contributed by atoms with Crippen LogP contribution in [0, 0.1) is 0 Å². The zero-order chi connectivity index (χ0) is 24.6. The van der Waals surface area contributed by atoms with Crippen LogP contribution in [-0.4, -0.2) is 65.5 Å². The first-order valence-electron chi connectivity index (χ1n) is 12.9. The van der Waals surface area contributed by atoms with Gasteiger partial charge in [0.15, 0.2) is 0 Å². The second-order valence-electron chi connectivity index (χ2n) is 10.1. The van der Waals surface area contributed by atoms with E-state index < -0.39 is 0 Å². The summed E-state index contributed by atoms with van der Waals surface area (Å²) in [6.07, 6.45) is 3.17. The van der Waals surface area contributed by atoms with Gasteiger partial charge in [-0.2, -0.15) is 0 Å². The molecule has 1 fully saturated rings. The topological polar surface area (TPSA) is 39.7 Å². The zero-order valence-corrected chi connectivity index (χ0v) is 21.7. The highest BCUT2D eigenvalue weighted by Crippen LogP contribution is 2.32. The lowest BCUT2D eigenvalue weighted by Crippen LogP contribution is -2.59. The van der Waals surface area contributed by atoms with Crippen molar-refractivity contribution < 1.29 is 4.79 Å². The Labute approximate surface area is 216 Å². The number of hydrogen-bond donors (Lipinski definition) is 0. The summed E-state index contributed by atoms with van der Waals surface area (Å²) in [6.45, 7) is 8.16. The third-order valence-corrected chi connectivity index (χ3v) is 8.68. The van der Waals surface area contributed by atoms with Crippen LogP contribution in [0.5, 0.6) is 0 Å². The molecule has 2 aliphatic heterocycles. The van der Waals surface area contributed by atoms with E-state index in [1.807, 2.05) is 17.0 Å². The Morgan fingerprint density at radius 2 is 1.78 bits per heavy atom. The van der Waals surface area contributed by atoms with E-state index in [9.17, 15) is 4.79 Å². The molecule has 1 amide bonds. The van der Waals surface area contributed by atoms with Gasteiger partial charge in [-0.15, -0.1) is 11.3 Å². The fraction of sp³-hybridized carbons (Fsp3) is 0.333. The van der Waals surface area contributed by atoms with Crippen molar-refractivity contribution in [3.8, 4) is 0 Å². The molecule has 0 saturated carbocycles. The molecule has 6 rings (SSSR count). The third-order valence-electron chi connectivity index (χ3n) is 7.71. The number of pyridine rings is 1. The first-order valence-corrected chi connectivity index (χ1v) is 13.7. The summed E-state index contributed by atoms with van der Waals surface area (Å²) in [6, 6.07) is 21.8. The van der Waals surface area contributed by atoms with Crippen molar-refractivity contribution in [2.24, 2.45) is 0 Å². The molecule has 2 atom stereocenters. The Hall–Kier alpha value is -3.22. The fourth-order valence-electron chi connectivity index (χ4n) is 5.73. The van der Waals surface area contributed by atoms with Gasteiger partial charge in [0.05, 0.1) is 12.1 Å². The number of fused-ring (bicyclic) bond motifs is 2. The number of aromatic nitrogens is 1. The van der Waals surface area contributed by atoms with Gasteiger partial charge < -0.3 is 9.80 Å². The van der Waals surface area contributed by atoms with Crippen molar-refractivity contribution in [2.45, 2.75) is 32.4 Å². The van der Waals surface area contributed by atoms with Crippen LogP contribution >= 0.6 is 11.3 Å². The number of nitrogens with zero attached hydrogens (tertiary/aromatic N) is 4.